The van der Waals surface area contributed by atoms with Crippen molar-refractivity contribution in [3.63, 3.8) is 0 Å². The Bertz CT molecular complexity index is 483. The highest BCUT2D eigenvalue weighted by Gasteiger charge is 2.08. The maximum atomic E-state index is 11.7. The number of hydrogen-bond donors (Lipinski definition) is 1. The van der Waals surface area contributed by atoms with Crippen LogP contribution in [0.4, 0.5) is 0 Å². The van der Waals surface area contributed by atoms with Gasteiger partial charge in [-0.25, -0.2) is 4.68 Å². The summed E-state index contributed by atoms with van der Waals surface area (Å²) in [5.41, 5.74) is 0.693. The SMILES string of the molecule is Nn1cnnc1SCC(=O)c1ccccc1. The summed E-state index contributed by atoms with van der Waals surface area (Å²) in [5, 5.41) is 7.94. The van der Waals surface area contributed by atoms with Gasteiger partial charge in [-0.05, 0) is 0 Å². The summed E-state index contributed by atoms with van der Waals surface area (Å²) in [5.74, 6) is 5.88. The van der Waals surface area contributed by atoms with Gasteiger partial charge in [0.15, 0.2) is 5.78 Å². The first-order chi connectivity index (χ1) is 7.77. The highest BCUT2D eigenvalue weighted by atomic mass is 32.2. The number of Topliss-reactive ketones (excluding diaryl/α,β-unsaturated/α-hetero) is 1. The lowest BCUT2D eigenvalue weighted by Gasteiger charge is -2.00. The second-order valence-corrected chi connectivity index (χ2v) is 4.04. The topological polar surface area (TPSA) is 73.8 Å². The Hall–Kier alpha value is -1.82. The minimum atomic E-state index is 0.0496. The quantitative estimate of drug-likeness (QED) is 0.484. The van der Waals surface area contributed by atoms with Crippen LogP contribution >= 0.6 is 11.8 Å². The van der Waals surface area contributed by atoms with E-state index in [-0.39, 0.29) is 5.78 Å². The average molecular weight is 234 g/mol. The van der Waals surface area contributed by atoms with Crippen LogP contribution in [0.2, 0.25) is 0 Å². The predicted octanol–water partition coefficient (Wildman–Crippen LogP) is 0.967. The lowest BCUT2D eigenvalue weighted by molar-refractivity contribution is 0.102. The first-order valence-electron chi connectivity index (χ1n) is 4.63. The molecule has 6 heteroatoms. The first-order valence-corrected chi connectivity index (χ1v) is 5.62. The zero-order valence-corrected chi connectivity index (χ0v) is 9.22. The van der Waals surface area contributed by atoms with Gasteiger partial charge in [-0.1, -0.05) is 42.1 Å². The second kappa shape index (κ2) is 4.80. The highest BCUT2D eigenvalue weighted by Crippen LogP contribution is 2.14. The number of nitrogens with two attached hydrogens (primary N) is 1. The van der Waals surface area contributed by atoms with Crippen molar-refractivity contribution < 1.29 is 4.79 Å². The highest BCUT2D eigenvalue weighted by molar-refractivity contribution is 7.99. The fourth-order valence-corrected chi connectivity index (χ4v) is 1.90. The molecule has 2 N–H and O–H groups in total. The molecule has 1 heterocycles. The molecular formula is C10H10N4OS. The Morgan fingerprint density at radius 2 is 2.12 bits per heavy atom. The summed E-state index contributed by atoms with van der Waals surface area (Å²) in [7, 11) is 0. The molecule has 0 aliphatic rings. The number of hydrogen-bond acceptors (Lipinski definition) is 5. The van der Waals surface area contributed by atoms with Crippen molar-refractivity contribution in [1.82, 2.24) is 14.9 Å². The van der Waals surface area contributed by atoms with Crippen LogP contribution in [0.15, 0.2) is 41.8 Å². The summed E-state index contributed by atoms with van der Waals surface area (Å²) in [6, 6.07) is 9.12. The second-order valence-electron chi connectivity index (χ2n) is 3.10. The number of benzene rings is 1. The normalized spacial score (nSPS) is 10.2. The number of nitrogen functional groups attached to an aromatic ring is 1. The predicted molar refractivity (Wildman–Crippen MR) is 61.7 cm³/mol. The van der Waals surface area contributed by atoms with Crippen molar-refractivity contribution in [3.8, 4) is 0 Å². The molecule has 0 amide bonds. The smallest absolute Gasteiger partial charge is 0.209 e. The average Bonchev–Trinajstić information content (AvgIpc) is 2.73. The van der Waals surface area contributed by atoms with Crippen LogP contribution < -0.4 is 5.84 Å². The van der Waals surface area contributed by atoms with E-state index >= 15 is 0 Å². The molecule has 82 valence electrons. The number of rotatable bonds is 4. The summed E-state index contributed by atoms with van der Waals surface area (Å²) in [6.07, 6.45) is 1.40. The molecule has 5 nitrogen and oxygen atoms in total. The van der Waals surface area contributed by atoms with E-state index in [0.29, 0.717) is 16.5 Å². The standard InChI is InChI=1S/C10H10N4OS/c11-14-7-12-13-10(14)16-6-9(15)8-4-2-1-3-5-8/h1-5,7H,6,11H2. The van der Waals surface area contributed by atoms with Gasteiger partial charge in [0.2, 0.25) is 5.16 Å². The zero-order valence-electron chi connectivity index (χ0n) is 8.41. The van der Waals surface area contributed by atoms with E-state index in [1.165, 1.54) is 22.8 Å². The fourth-order valence-electron chi connectivity index (χ4n) is 1.17. The number of carbonyl (C=O) groups excluding carboxylic acids is 1. The minimum Gasteiger partial charge on any atom is -0.336 e. The Balaban J connectivity index is 1.97. The van der Waals surface area contributed by atoms with E-state index in [0.717, 1.165) is 0 Å². The van der Waals surface area contributed by atoms with Gasteiger partial charge in [0, 0.05) is 5.56 Å². The molecule has 1 aromatic heterocycles. The van der Waals surface area contributed by atoms with Crippen LogP contribution in [0.3, 0.4) is 0 Å². The monoisotopic (exact) mass is 234 g/mol. The third-order valence-electron chi connectivity index (χ3n) is 1.97. The van der Waals surface area contributed by atoms with E-state index < -0.39 is 0 Å². The molecule has 0 radical (unpaired) electrons. The van der Waals surface area contributed by atoms with Gasteiger partial charge >= 0.3 is 0 Å². The van der Waals surface area contributed by atoms with Crippen molar-refractivity contribution in [2.75, 3.05) is 11.6 Å². The van der Waals surface area contributed by atoms with Gasteiger partial charge in [0.1, 0.15) is 6.33 Å². The van der Waals surface area contributed by atoms with E-state index in [9.17, 15) is 4.79 Å². The molecule has 0 aliphatic carbocycles. The van der Waals surface area contributed by atoms with Crippen LogP contribution in [0.5, 0.6) is 0 Å². The lowest BCUT2D eigenvalue weighted by Crippen LogP contribution is -2.09. The Morgan fingerprint density at radius 1 is 1.38 bits per heavy atom. The van der Waals surface area contributed by atoms with Crippen molar-refractivity contribution in [3.05, 3.63) is 42.2 Å². The van der Waals surface area contributed by atoms with Crippen LogP contribution in [0.25, 0.3) is 0 Å². The summed E-state index contributed by atoms with van der Waals surface area (Å²) >= 11 is 1.27. The maximum Gasteiger partial charge on any atom is 0.209 e. The maximum absolute atomic E-state index is 11.7. The van der Waals surface area contributed by atoms with Crippen LogP contribution in [-0.2, 0) is 0 Å². The van der Waals surface area contributed by atoms with Gasteiger partial charge < -0.3 is 5.84 Å². The van der Waals surface area contributed by atoms with Gasteiger partial charge in [0.05, 0.1) is 5.75 Å². The molecule has 0 saturated carbocycles. The molecule has 1 aromatic carbocycles. The van der Waals surface area contributed by atoms with E-state index in [1.807, 2.05) is 18.2 Å². The van der Waals surface area contributed by atoms with Crippen molar-refractivity contribution in [2.24, 2.45) is 0 Å². The molecule has 2 rings (SSSR count). The first kappa shape index (κ1) is 10.7. The van der Waals surface area contributed by atoms with Gasteiger partial charge in [-0.15, -0.1) is 10.2 Å². The Labute approximate surface area is 96.6 Å². The number of nitrogens with zero attached hydrogens (tertiary/aromatic N) is 3. The van der Waals surface area contributed by atoms with Crippen molar-refractivity contribution in [1.29, 1.82) is 0 Å². The molecule has 0 bridgehead atoms. The summed E-state index contributed by atoms with van der Waals surface area (Å²) < 4.78 is 1.29. The molecule has 0 aliphatic heterocycles. The Morgan fingerprint density at radius 3 is 2.75 bits per heavy atom. The molecule has 0 atom stereocenters. The third-order valence-corrected chi connectivity index (χ3v) is 2.93. The molecule has 0 spiro atoms. The van der Waals surface area contributed by atoms with Crippen molar-refractivity contribution >= 4 is 17.5 Å². The fraction of sp³-hybridized carbons (Fsp3) is 0.100. The van der Waals surface area contributed by atoms with Crippen LogP contribution in [0.1, 0.15) is 10.4 Å². The van der Waals surface area contributed by atoms with Crippen LogP contribution in [0, 0.1) is 0 Å². The van der Waals surface area contributed by atoms with Gasteiger partial charge in [-0.2, -0.15) is 0 Å². The molecular weight excluding hydrogens is 224 g/mol. The molecule has 2 aromatic rings. The number of ketones is 1. The lowest BCUT2D eigenvalue weighted by atomic mass is 10.2. The zero-order chi connectivity index (χ0) is 11.4. The molecule has 0 fully saturated rings. The van der Waals surface area contributed by atoms with Crippen LogP contribution in [-0.4, -0.2) is 26.4 Å². The number of aromatic nitrogens is 3. The minimum absolute atomic E-state index is 0.0496. The van der Waals surface area contributed by atoms with E-state index in [4.69, 9.17) is 5.84 Å². The van der Waals surface area contributed by atoms with Gasteiger partial charge in [0.25, 0.3) is 0 Å². The van der Waals surface area contributed by atoms with Crippen molar-refractivity contribution in [2.45, 2.75) is 5.16 Å². The Kier molecular flexibility index (Phi) is 3.21. The van der Waals surface area contributed by atoms with E-state index in [1.54, 1.807) is 12.1 Å². The molecule has 0 saturated heterocycles. The largest absolute Gasteiger partial charge is 0.336 e. The number of carbonyl (C=O) groups is 1. The van der Waals surface area contributed by atoms with Gasteiger partial charge in [-0.3, -0.25) is 4.79 Å². The molecule has 0 unspecified atom stereocenters. The number of thioether (sulfide) groups is 1. The molecule has 16 heavy (non-hydrogen) atoms. The third kappa shape index (κ3) is 2.40. The van der Waals surface area contributed by atoms with E-state index in [2.05, 4.69) is 10.2 Å². The summed E-state index contributed by atoms with van der Waals surface area (Å²) in [6.45, 7) is 0. The summed E-state index contributed by atoms with van der Waals surface area (Å²) in [4.78, 5) is 11.7.